The standard InChI is InChI=1S/C17H17Cl3N2O2/c1-2-11-5-3-4-8-21(11)15-14(20)16(23)22(17(15)24)13-7-6-10(18)9-12(13)19/h6-7,9,11H,2-5,8H2,1H3. The molecule has 2 aliphatic rings. The number of benzene rings is 1. The third-order valence-corrected chi connectivity index (χ3v) is 5.42. The predicted molar refractivity (Wildman–Crippen MR) is 96.5 cm³/mol. The summed E-state index contributed by atoms with van der Waals surface area (Å²) < 4.78 is 0. The fourth-order valence-electron chi connectivity index (χ4n) is 3.34. The van der Waals surface area contributed by atoms with Gasteiger partial charge in [-0.15, -0.1) is 0 Å². The van der Waals surface area contributed by atoms with Crippen LogP contribution in [0.2, 0.25) is 10.0 Å². The number of anilines is 1. The Morgan fingerprint density at radius 3 is 2.54 bits per heavy atom. The zero-order valence-electron chi connectivity index (χ0n) is 13.2. The number of carbonyl (C=O) groups excluding carboxylic acids is 2. The predicted octanol–water partition coefficient (Wildman–Crippen LogP) is 4.58. The number of imide groups is 1. The lowest BCUT2D eigenvalue weighted by molar-refractivity contribution is -0.121. The number of rotatable bonds is 3. The molecule has 1 unspecified atom stereocenters. The first kappa shape index (κ1) is 17.6. The molecule has 1 saturated heterocycles. The van der Waals surface area contributed by atoms with Gasteiger partial charge in [-0.1, -0.05) is 41.7 Å². The van der Waals surface area contributed by atoms with Gasteiger partial charge in [0.25, 0.3) is 11.8 Å². The monoisotopic (exact) mass is 386 g/mol. The Bertz CT molecular complexity index is 733. The Kier molecular flexibility index (Phi) is 5.09. The van der Waals surface area contributed by atoms with E-state index in [0.717, 1.165) is 37.1 Å². The molecular weight excluding hydrogens is 371 g/mol. The minimum absolute atomic E-state index is 0.0358. The third kappa shape index (κ3) is 2.92. The molecule has 0 saturated carbocycles. The van der Waals surface area contributed by atoms with Crippen LogP contribution in [0.25, 0.3) is 0 Å². The zero-order chi connectivity index (χ0) is 17.4. The van der Waals surface area contributed by atoms with Crippen LogP contribution in [-0.2, 0) is 9.59 Å². The molecule has 2 amide bonds. The van der Waals surface area contributed by atoms with E-state index < -0.39 is 11.8 Å². The highest BCUT2D eigenvalue weighted by molar-refractivity contribution is 6.53. The van der Waals surface area contributed by atoms with Gasteiger partial charge in [0.2, 0.25) is 0 Å². The maximum Gasteiger partial charge on any atom is 0.283 e. The molecule has 7 heteroatoms. The number of hydrogen-bond donors (Lipinski definition) is 0. The van der Waals surface area contributed by atoms with E-state index in [1.807, 2.05) is 4.90 Å². The van der Waals surface area contributed by atoms with Crippen LogP contribution in [0.4, 0.5) is 5.69 Å². The van der Waals surface area contributed by atoms with Gasteiger partial charge < -0.3 is 4.90 Å². The van der Waals surface area contributed by atoms with Crippen LogP contribution in [0.1, 0.15) is 32.6 Å². The summed E-state index contributed by atoms with van der Waals surface area (Å²) in [6.45, 7) is 2.80. The summed E-state index contributed by atoms with van der Waals surface area (Å²) in [5.41, 5.74) is 0.591. The minimum atomic E-state index is -0.540. The fraction of sp³-hybridized carbons (Fsp3) is 0.412. The van der Waals surface area contributed by atoms with E-state index in [2.05, 4.69) is 6.92 Å². The van der Waals surface area contributed by atoms with Crippen molar-refractivity contribution in [3.05, 3.63) is 39.0 Å². The molecule has 2 aliphatic heterocycles. The van der Waals surface area contributed by atoms with Crippen LogP contribution in [0.5, 0.6) is 0 Å². The SMILES string of the molecule is CCC1CCCCN1C1=C(Cl)C(=O)N(c2ccc(Cl)cc2Cl)C1=O. The van der Waals surface area contributed by atoms with Gasteiger partial charge >= 0.3 is 0 Å². The van der Waals surface area contributed by atoms with Gasteiger partial charge in [0.1, 0.15) is 10.7 Å². The molecule has 24 heavy (non-hydrogen) atoms. The topological polar surface area (TPSA) is 40.6 Å². The first-order chi connectivity index (χ1) is 11.5. The lowest BCUT2D eigenvalue weighted by atomic mass is 9.99. The minimum Gasteiger partial charge on any atom is -0.363 e. The van der Waals surface area contributed by atoms with Gasteiger partial charge in [-0.25, -0.2) is 4.90 Å². The Morgan fingerprint density at radius 2 is 1.88 bits per heavy atom. The number of carbonyl (C=O) groups is 2. The van der Waals surface area contributed by atoms with Crippen LogP contribution in [-0.4, -0.2) is 29.3 Å². The van der Waals surface area contributed by atoms with Gasteiger partial charge in [0, 0.05) is 17.6 Å². The number of likely N-dealkylation sites (tertiary alicyclic amines) is 1. The molecule has 4 nitrogen and oxygen atoms in total. The quantitative estimate of drug-likeness (QED) is 0.713. The summed E-state index contributed by atoms with van der Waals surface area (Å²) >= 11 is 18.3. The summed E-state index contributed by atoms with van der Waals surface area (Å²) in [6.07, 6.45) is 3.99. The van der Waals surface area contributed by atoms with Gasteiger partial charge in [0.05, 0.1) is 10.7 Å². The van der Waals surface area contributed by atoms with Crippen molar-refractivity contribution in [1.29, 1.82) is 0 Å². The number of hydrogen-bond acceptors (Lipinski definition) is 3. The lowest BCUT2D eigenvalue weighted by Crippen LogP contribution is -2.42. The van der Waals surface area contributed by atoms with E-state index in [-0.39, 0.29) is 16.1 Å². The first-order valence-electron chi connectivity index (χ1n) is 7.96. The van der Waals surface area contributed by atoms with Crippen molar-refractivity contribution in [3.63, 3.8) is 0 Å². The smallest absolute Gasteiger partial charge is 0.283 e. The van der Waals surface area contributed by atoms with Crippen LogP contribution in [0.3, 0.4) is 0 Å². The number of nitrogens with zero attached hydrogens (tertiary/aromatic N) is 2. The lowest BCUT2D eigenvalue weighted by Gasteiger charge is -2.37. The average Bonchev–Trinajstić information content (AvgIpc) is 2.78. The average molecular weight is 388 g/mol. The molecule has 0 aliphatic carbocycles. The van der Waals surface area contributed by atoms with Crippen molar-refractivity contribution in [2.45, 2.75) is 38.6 Å². The van der Waals surface area contributed by atoms with Crippen LogP contribution in [0.15, 0.2) is 28.9 Å². The molecule has 0 aromatic heterocycles. The summed E-state index contributed by atoms with van der Waals surface area (Å²) in [5.74, 6) is -0.962. The van der Waals surface area contributed by atoms with E-state index in [1.165, 1.54) is 6.07 Å². The largest absolute Gasteiger partial charge is 0.363 e. The van der Waals surface area contributed by atoms with Crippen molar-refractivity contribution in [2.75, 3.05) is 11.4 Å². The Hall–Kier alpha value is -1.23. The van der Waals surface area contributed by atoms with E-state index in [0.29, 0.717) is 16.4 Å². The van der Waals surface area contributed by atoms with Crippen LogP contribution < -0.4 is 4.90 Å². The molecule has 1 aromatic rings. The Morgan fingerprint density at radius 1 is 1.12 bits per heavy atom. The van der Waals surface area contributed by atoms with Gasteiger partial charge in [-0.3, -0.25) is 9.59 Å². The molecule has 2 heterocycles. The highest BCUT2D eigenvalue weighted by atomic mass is 35.5. The molecule has 0 N–H and O–H groups in total. The Balaban J connectivity index is 1.98. The number of piperidine rings is 1. The van der Waals surface area contributed by atoms with Crippen LogP contribution in [0, 0.1) is 0 Å². The van der Waals surface area contributed by atoms with Crippen molar-refractivity contribution in [2.24, 2.45) is 0 Å². The summed E-state index contributed by atoms with van der Waals surface area (Å²) in [4.78, 5) is 28.6. The molecule has 1 aromatic carbocycles. The van der Waals surface area contributed by atoms with Crippen molar-refractivity contribution >= 4 is 52.3 Å². The van der Waals surface area contributed by atoms with E-state index in [4.69, 9.17) is 34.8 Å². The molecule has 1 fully saturated rings. The summed E-state index contributed by atoms with van der Waals surface area (Å²) in [5, 5.41) is 0.635. The maximum atomic E-state index is 13.0. The first-order valence-corrected chi connectivity index (χ1v) is 9.09. The summed E-state index contributed by atoms with van der Waals surface area (Å²) in [6, 6.07) is 4.87. The molecule has 0 spiro atoms. The molecular formula is C17H17Cl3N2O2. The van der Waals surface area contributed by atoms with Crippen molar-refractivity contribution in [3.8, 4) is 0 Å². The molecule has 3 rings (SSSR count). The highest BCUT2D eigenvalue weighted by Gasteiger charge is 2.43. The number of amides is 2. The maximum absolute atomic E-state index is 13.0. The van der Waals surface area contributed by atoms with Crippen molar-refractivity contribution in [1.82, 2.24) is 4.90 Å². The highest BCUT2D eigenvalue weighted by Crippen LogP contribution is 2.38. The molecule has 128 valence electrons. The summed E-state index contributed by atoms with van der Waals surface area (Å²) in [7, 11) is 0. The van der Waals surface area contributed by atoms with Gasteiger partial charge in [-0.2, -0.15) is 0 Å². The number of halogens is 3. The third-order valence-electron chi connectivity index (χ3n) is 4.54. The van der Waals surface area contributed by atoms with Gasteiger partial charge in [0.15, 0.2) is 0 Å². The Labute approximate surface area is 155 Å². The second kappa shape index (κ2) is 6.95. The molecule has 0 radical (unpaired) electrons. The second-order valence-corrected chi connectivity index (χ2v) is 7.18. The van der Waals surface area contributed by atoms with Crippen LogP contribution >= 0.6 is 34.8 Å². The van der Waals surface area contributed by atoms with E-state index in [9.17, 15) is 9.59 Å². The zero-order valence-corrected chi connectivity index (χ0v) is 15.5. The van der Waals surface area contributed by atoms with Crippen molar-refractivity contribution < 1.29 is 9.59 Å². The molecule has 1 atom stereocenters. The normalized spacial score (nSPS) is 21.9. The fourth-order valence-corrected chi connectivity index (χ4v) is 4.11. The van der Waals surface area contributed by atoms with E-state index in [1.54, 1.807) is 12.1 Å². The van der Waals surface area contributed by atoms with Gasteiger partial charge in [-0.05, 0) is 43.9 Å². The second-order valence-electron chi connectivity index (χ2n) is 5.96. The molecule has 0 bridgehead atoms. The van der Waals surface area contributed by atoms with E-state index >= 15 is 0 Å².